The third-order valence-electron chi connectivity index (χ3n) is 3.24. The van der Waals surface area contributed by atoms with Gasteiger partial charge in [0.25, 0.3) is 0 Å². The highest BCUT2D eigenvalue weighted by Gasteiger charge is 2.11. The molecule has 1 unspecified atom stereocenters. The molecule has 0 aliphatic heterocycles. The molecule has 0 aromatic heterocycles. The highest BCUT2D eigenvalue weighted by atomic mass is 16.5. The Morgan fingerprint density at radius 2 is 1.82 bits per heavy atom. The Morgan fingerprint density at radius 3 is 2.35 bits per heavy atom. The first kappa shape index (κ1) is 16.2. The maximum absolute atomic E-state index is 10.8. The number of carbonyl (C=O) groups is 1. The monoisotopic (exact) mass is 240 g/mol. The maximum atomic E-state index is 10.8. The maximum Gasteiger partial charge on any atom is 0.302 e. The van der Waals surface area contributed by atoms with Crippen molar-refractivity contribution in [2.24, 2.45) is 5.92 Å². The van der Waals surface area contributed by atoms with Crippen LogP contribution in [-0.4, -0.2) is 12.6 Å². The van der Waals surface area contributed by atoms with E-state index in [1.165, 1.54) is 44.6 Å². The van der Waals surface area contributed by atoms with Crippen LogP contribution in [0.25, 0.3) is 0 Å². The highest BCUT2D eigenvalue weighted by molar-refractivity contribution is 5.65. The van der Waals surface area contributed by atoms with Gasteiger partial charge in [0.1, 0.15) is 0 Å². The Hall–Kier alpha value is -0.790. The first-order chi connectivity index (χ1) is 8.11. The van der Waals surface area contributed by atoms with Crippen molar-refractivity contribution in [2.45, 2.75) is 66.2 Å². The van der Waals surface area contributed by atoms with E-state index in [9.17, 15) is 4.79 Å². The molecule has 0 aromatic rings. The average Bonchev–Trinajstić information content (AvgIpc) is 2.31. The van der Waals surface area contributed by atoms with Crippen molar-refractivity contribution >= 4 is 5.97 Å². The van der Waals surface area contributed by atoms with Crippen molar-refractivity contribution in [2.75, 3.05) is 6.61 Å². The van der Waals surface area contributed by atoms with Gasteiger partial charge >= 0.3 is 5.97 Å². The van der Waals surface area contributed by atoms with Crippen LogP contribution in [0.5, 0.6) is 0 Å². The molecule has 0 amide bonds. The van der Waals surface area contributed by atoms with Crippen molar-refractivity contribution in [1.29, 1.82) is 0 Å². The molecule has 0 radical (unpaired) electrons. The molecule has 0 aliphatic rings. The molecular weight excluding hydrogens is 212 g/mol. The van der Waals surface area contributed by atoms with Crippen molar-refractivity contribution in [3.63, 3.8) is 0 Å². The van der Waals surface area contributed by atoms with E-state index in [0.717, 1.165) is 6.42 Å². The minimum Gasteiger partial charge on any atom is -0.465 e. The number of esters is 1. The van der Waals surface area contributed by atoms with Gasteiger partial charge in [-0.05, 0) is 20.3 Å². The zero-order chi connectivity index (χ0) is 13.1. The molecule has 0 spiro atoms. The summed E-state index contributed by atoms with van der Waals surface area (Å²) < 4.78 is 5.13. The lowest BCUT2D eigenvalue weighted by atomic mass is 9.94. The molecule has 0 saturated carbocycles. The number of rotatable bonds is 9. The van der Waals surface area contributed by atoms with Gasteiger partial charge in [0.05, 0.1) is 6.61 Å². The van der Waals surface area contributed by atoms with Crippen LogP contribution in [-0.2, 0) is 9.53 Å². The van der Waals surface area contributed by atoms with E-state index >= 15 is 0 Å². The highest BCUT2D eigenvalue weighted by Crippen LogP contribution is 2.19. The lowest BCUT2D eigenvalue weighted by Crippen LogP contribution is -2.13. The summed E-state index contributed by atoms with van der Waals surface area (Å²) in [6.07, 6.45) is 9.72. The van der Waals surface area contributed by atoms with Crippen LogP contribution in [0.4, 0.5) is 0 Å². The quantitative estimate of drug-likeness (QED) is 0.337. The lowest BCUT2D eigenvalue weighted by molar-refractivity contribution is -0.142. The van der Waals surface area contributed by atoms with Gasteiger partial charge in [0.2, 0.25) is 0 Å². The number of allylic oxidation sites excluding steroid dienone is 1. The zero-order valence-electron chi connectivity index (χ0n) is 11.9. The van der Waals surface area contributed by atoms with Crippen molar-refractivity contribution in [3.8, 4) is 0 Å². The van der Waals surface area contributed by atoms with E-state index in [0.29, 0.717) is 12.5 Å². The molecule has 0 fully saturated rings. The Bertz CT molecular complexity index is 231. The number of unbranched alkanes of at least 4 members (excludes halogenated alkanes) is 4. The summed E-state index contributed by atoms with van der Waals surface area (Å²) in [5.74, 6) is 0.232. The molecule has 17 heavy (non-hydrogen) atoms. The van der Waals surface area contributed by atoms with E-state index in [-0.39, 0.29) is 5.97 Å². The normalized spacial score (nSPS) is 13.5. The number of ether oxygens (including phenoxy) is 1. The third kappa shape index (κ3) is 8.96. The van der Waals surface area contributed by atoms with Crippen LogP contribution in [0.3, 0.4) is 0 Å². The molecule has 0 rings (SSSR count). The second kappa shape index (κ2) is 10.4. The topological polar surface area (TPSA) is 26.3 Å². The van der Waals surface area contributed by atoms with Crippen LogP contribution in [0.15, 0.2) is 11.6 Å². The second-order valence-corrected chi connectivity index (χ2v) is 4.74. The van der Waals surface area contributed by atoms with E-state index < -0.39 is 0 Å². The molecule has 2 heteroatoms. The van der Waals surface area contributed by atoms with Gasteiger partial charge in [-0.15, -0.1) is 0 Å². The fourth-order valence-corrected chi connectivity index (χ4v) is 1.89. The van der Waals surface area contributed by atoms with E-state index in [1.807, 2.05) is 6.92 Å². The molecule has 2 nitrogen and oxygen atoms in total. The lowest BCUT2D eigenvalue weighted by Gasteiger charge is -2.17. The molecular formula is C15H28O2. The SMILES string of the molecule is CC=C(C)C(CCCCCCC)COC(C)=O. The largest absolute Gasteiger partial charge is 0.465 e. The minimum absolute atomic E-state index is 0.176. The van der Waals surface area contributed by atoms with Gasteiger partial charge in [0.15, 0.2) is 0 Å². The molecule has 0 heterocycles. The van der Waals surface area contributed by atoms with Crippen molar-refractivity contribution < 1.29 is 9.53 Å². The first-order valence-electron chi connectivity index (χ1n) is 6.88. The van der Waals surface area contributed by atoms with Gasteiger partial charge in [0, 0.05) is 12.8 Å². The molecule has 0 bridgehead atoms. The van der Waals surface area contributed by atoms with E-state index in [2.05, 4.69) is 19.9 Å². The van der Waals surface area contributed by atoms with Crippen molar-refractivity contribution in [1.82, 2.24) is 0 Å². The minimum atomic E-state index is -0.176. The Morgan fingerprint density at radius 1 is 1.18 bits per heavy atom. The molecule has 0 N–H and O–H groups in total. The summed E-state index contributed by atoms with van der Waals surface area (Å²) in [5, 5.41) is 0. The predicted octanol–water partition coefficient (Wildman–Crippen LogP) is 4.49. The second-order valence-electron chi connectivity index (χ2n) is 4.74. The zero-order valence-corrected chi connectivity index (χ0v) is 11.9. The summed E-state index contributed by atoms with van der Waals surface area (Å²) in [4.78, 5) is 10.8. The smallest absolute Gasteiger partial charge is 0.302 e. The standard InChI is InChI=1S/C15H28O2/c1-5-7-8-9-10-11-15(13(3)6-2)12-17-14(4)16/h6,15H,5,7-12H2,1-4H3. The molecule has 1 atom stereocenters. The van der Waals surface area contributed by atoms with Crippen LogP contribution in [0.2, 0.25) is 0 Å². The Balaban J connectivity index is 3.90. The van der Waals surface area contributed by atoms with Gasteiger partial charge in [-0.25, -0.2) is 0 Å². The Kier molecular flexibility index (Phi) is 9.89. The average molecular weight is 240 g/mol. The fraction of sp³-hybridized carbons (Fsp3) is 0.800. The van der Waals surface area contributed by atoms with Gasteiger partial charge in [-0.2, -0.15) is 0 Å². The van der Waals surface area contributed by atoms with Gasteiger partial charge in [-0.1, -0.05) is 50.7 Å². The van der Waals surface area contributed by atoms with Crippen LogP contribution in [0, 0.1) is 5.92 Å². The summed E-state index contributed by atoms with van der Waals surface area (Å²) in [6.45, 7) is 8.42. The summed E-state index contributed by atoms with van der Waals surface area (Å²) in [7, 11) is 0. The Labute approximate surface area is 106 Å². The van der Waals surface area contributed by atoms with E-state index in [4.69, 9.17) is 4.74 Å². The molecule has 0 aliphatic carbocycles. The van der Waals surface area contributed by atoms with Crippen LogP contribution < -0.4 is 0 Å². The number of carbonyl (C=O) groups excluding carboxylic acids is 1. The third-order valence-corrected chi connectivity index (χ3v) is 3.24. The number of hydrogen-bond acceptors (Lipinski definition) is 2. The molecule has 0 aromatic carbocycles. The molecule has 100 valence electrons. The predicted molar refractivity (Wildman–Crippen MR) is 72.9 cm³/mol. The summed E-state index contributed by atoms with van der Waals surface area (Å²) >= 11 is 0. The van der Waals surface area contributed by atoms with Gasteiger partial charge < -0.3 is 4.74 Å². The first-order valence-corrected chi connectivity index (χ1v) is 6.88. The summed E-state index contributed by atoms with van der Waals surface area (Å²) in [5.41, 5.74) is 1.33. The van der Waals surface area contributed by atoms with Gasteiger partial charge in [-0.3, -0.25) is 4.79 Å². The summed E-state index contributed by atoms with van der Waals surface area (Å²) in [6, 6.07) is 0. The van der Waals surface area contributed by atoms with E-state index in [1.54, 1.807) is 0 Å². The van der Waals surface area contributed by atoms with Crippen LogP contribution in [0.1, 0.15) is 66.2 Å². The number of hydrogen-bond donors (Lipinski definition) is 0. The van der Waals surface area contributed by atoms with Crippen molar-refractivity contribution in [3.05, 3.63) is 11.6 Å². The molecule has 0 saturated heterocycles. The fourth-order valence-electron chi connectivity index (χ4n) is 1.89. The van der Waals surface area contributed by atoms with Crippen LogP contribution >= 0.6 is 0 Å².